The molecule has 0 saturated carbocycles. The van der Waals surface area contributed by atoms with Gasteiger partial charge in [-0.3, -0.25) is 0 Å². The molecule has 4 heteroatoms. The SMILES string of the molecule is Fc1ccc(Oc2cccc(-c3ccc4scnc4c3)c2)cc1. The second-order valence-corrected chi connectivity index (χ2v) is 6.01. The van der Waals surface area contributed by atoms with Crippen LogP contribution in [0.25, 0.3) is 21.3 Å². The van der Waals surface area contributed by atoms with Crippen LogP contribution in [0, 0.1) is 5.82 Å². The van der Waals surface area contributed by atoms with Crippen LogP contribution in [0.4, 0.5) is 4.39 Å². The van der Waals surface area contributed by atoms with E-state index >= 15 is 0 Å². The Bertz CT molecular complexity index is 962. The molecule has 3 aromatic carbocycles. The van der Waals surface area contributed by atoms with Crippen molar-refractivity contribution in [3.05, 3.63) is 78.1 Å². The Morgan fingerprint density at radius 2 is 1.65 bits per heavy atom. The van der Waals surface area contributed by atoms with Crippen molar-refractivity contribution in [1.82, 2.24) is 4.98 Å². The summed E-state index contributed by atoms with van der Waals surface area (Å²) in [6, 6.07) is 20.1. The minimum atomic E-state index is -0.275. The van der Waals surface area contributed by atoms with Gasteiger partial charge in [0.25, 0.3) is 0 Å². The van der Waals surface area contributed by atoms with Crippen LogP contribution in [0.3, 0.4) is 0 Å². The van der Waals surface area contributed by atoms with E-state index in [2.05, 4.69) is 23.2 Å². The summed E-state index contributed by atoms with van der Waals surface area (Å²) in [5, 5.41) is 0. The number of nitrogens with zero attached hydrogens (tertiary/aromatic N) is 1. The molecule has 4 rings (SSSR count). The third kappa shape index (κ3) is 2.94. The number of rotatable bonds is 3. The van der Waals surface area contributed by atoms with Crippen LogP contribution in [0.15, 0.2) is 72.2 Å². The van der Waals surface area contributed by atoms with Crippen LogP contribution in [0.5, 0.6) is 11.5 Å². The molecule has 4 aromatic rings. The third-order valence-corrected chi connectivity index (χ3v) is 4.36. The number of thiazole rings is 1. The molecule has 0 spiro atoms. The molecule has 2 nitrogen and oxygen atoms in total. The van der Waals surface area contributed by atoms with E-state index in [1.54, 1.807) is 23.5 Å². The Morgan fingerprint density at radius 3 is 2.52 bits per heavy atom. The van der Waals surface area contributed by atoms with Crippen LogP contribution in [-0.4, -0.2) is 4.98 Å². The van der Waals surface area contributed by atoms with Crippen molar-refractivity contribution in [2.75, 3.05) is 0 Å². The lowest BCUT2D eigenvalue weighted by molar-refractivity contribution is 0.481. The molecule has 23 heavy (non-hydrogen) atoms. The number of hydrogen-bond acceptors (Lipinski definition) is 3. The lowest BCUT2D eigenvalue weighted by Gasteiger charge is -2.08. The smallest absolute Gasteiger partial charge is 0.128 e. The first-order chi connectivity index (χ1) is 11.3. The molecule has 0 aliphatic heterocycles. The van der Waals surface area contributed by atoms with E-state index in [4.69, 9.17) is 4.74 Å². The van der Waals surface area contributed by atoms with Crippen molar-refractivity contribution in [1.29, 1.82) is 0 Å². The highest BCUT2D eigenvalue weighted by Gasteiger charge is 2.04. The number of hydrogen-bond donors (Lipinski definition) is 0. The van der Waals surface area contributed by atoms with Gasteiger partial charge in [0.1, 0.15) is 17.3 Å². The van der Waals surface area contributed by atoms with Gasteiger partial charge in [0.2, 0.25) is 0 Å². The Labute approximate surface area is 136 Å². The van der Waals surface area contributed by atoms with Crippen molar-refractivity contribution < 1.29 is 9.13 Å². The van der Waals surface area contributed by atoms with Gasteiger partial charge in [0, 0.05) is 0 Å². The molecule has 0 atom stereocenters. The molecular formula is C19H12FNOS. The first-order valence-electron chi connectivity index (χ1n) is 7.15. The summed E-state index contributed by atoms with van der Waals surface area (Å²) in [5.74, 6) is 1.05. The van der Waals surface area contributed by atoms with Gasteiger partial charge in [-0.2, -0.15) is 0 Å². The van der Waals surface area contributed by atoms with E-state index in [0.717, 1.165) is 16.6 Å². The van der Waals surface area contributed by atoms with E-state index in [1.165, 1.54) is 16.8 Å². The minimum absolute atomic E-state index is 0.275. The zero-order valence-electron chi connectivity index (χ0n) is 12.1. The minimum Gasteiger partial charge on any atom is -0.457 e. The molecule has 0 bridgehead atoms. The van der Waals surface area contributed by atoms with Crippen LogP contribution in [0.1, 0.15) is 0 Å². The lowest BCUT2D eigenvalue weighted by atomic mass is 10.1. The molecule has 0 unspecified atom stereocenters. The van der Waals surface area contributed by atoms with E-state index < -0.39 is 0 Å². The molecule has 0 fully saturated rings. The normalized spacial score (nSPS) is 10.8. The fourth-order valence-corrected chi connectivity index (χ4v) is 3.07. The number of aromatic nitrogens is 1. The average Bonchev–Trinajstić information content (AvgIpc) is 3.05. The van der Waals surface area contributed by atoms with Crippen molar-refractivity contribution in [2.24, 2.45) is 0 Å². The summed E-state index contributed by atoms with van der Waals surface area (Å²) in [6.45, 7) is 0. The predicted octanol–water partition coefficient (Wildman–Crippen LogP) is 5.89. The van der Waals surface area contributed by atoms with Gasteiger partial charge in [-0.25, -0.2) is 9.37 Å². The zero-order chi connectivity index (χ0) is 15.6. The molecule has 0 aliphatic rings. The van der Waals surface area contributed by atoms with Crippen molar-refractivity contribution in [3.8, 4) is 22.6 Å². The van der Waals surface area contributed by atoms with E-state index in [1.807, 2.05) is 29.8 Å². The number of fused-ring (bicyclic) bond motifs is 1. The van der Waals surface area contributed by atoms with E-state index in [0.29, 0.717) is 11.5 Å². The summed E-state index contributed by atoms with van der Waals surface area (Å²) in [5.41, 5.74) is 4.99. The number of ether oxygens (including phenoxy) is 1. The summed E-state index contributed by atoms with van der Waals surface area (Å²) >= 11 is 1.63. The summed E-state index contributed by atoms with van der Waals surface area (Å²) in [6.07, 6.45) is 0. The van der Waals surface area contributed by atoms with Crippen LogP contribution in [-0.2, 0) is 0 Å². The molecule has 1 heterocycles. The Kier molecular flexibility index (Phi) is 3.52. The van der Waals surface area contributed by atoms with Gasteiger partial charge in [-0.05, 0) is 59.7 Å². The highest BCUT2D eigenvalue weighted by Crippen LogP contribution is 2.30. The maximum absolute atomic E-state index is 13.0. The molecule has 1 aromatic heterocycles. The standard InChI is InChI=1S/C19H12FNOS/c20-15-5-7-16(8-6-15)22-17-3-1-2-13(10-17)14-4-9-19-18(11-14)21-12-23-19/h1-12H. The quantitative estimate of drug-likeness (QED) is 0.469. The number of benzene rings is 3. The molecule has 0 N–H and O–H groups in total. The van der Waals surface area contributed by atoms with Crippen molar-refractivity contribution >= 4 is 21.6 Å². The predicted molar refractivity (Wildman–Crippen MR) is 91.5 cm³/mol. The molecule has 0 saturated heterocycles. The monoisotopic (exact) mass is 321 g/mol. The summed E-state index contributed by atoms with van der Waals surface area (Å²) in [4.78, 5) is 4.36. The highest BCUT2D eigenvalue weighted by molar-refractivity contribution is 7.16. The first-order valence-corrected chi connectivity index (χ1v) is 8.03. The summed E-state index contributed by atoms with van der Waals surface area (Å²) in [7, 11) is 0. The first kappa shape index (κ1) is 13.9. The van der Waals surface area contributed by atoms with Gasteiger partial charge >= 0.3 is 0 Å². The number of halogens is 1. The van der Waals surface area contributed by atoms with Crippen LogP contribution in [0.2, 0.25) is 0 Å². The maximum Gasteiger partial charge on any atom is 0.128 e. The molecule has 0 aliphatic carbocycles. The molecule has 0 radical (unpaired) electrons. The zero-order valence-corrected chi connectivity index (χ0v) is 12.9. The van der Waals surface area contributed by atoms with E-state index in [9.17, 15) is 4.39 Å². The van der Waals surface area contributed by atoms with E-state index in [-0.39, 0.29) is 5.82 Å². The van der Waals surface area contributed by atoms with Gasteiger partial charge in [0.05, 0.1) is 15.7 Å². The second-order valence-electron chi connectivity index (χ2n) is 5.12. The van der Waals surface area contributed by atoms with Gasteiger partial charge in [-0.1, -0.05) is 18.2 Å². The van der Waals surface area contributed by atoms with Crippen molar-refractivity contribution in [3.63, 3.8) is 0 Å². The fraction of sp³-hybridized carbons (Fsp3) is 0. The third-order valence-electron chi connectivity index (χ3n) is 3.55. The molecular weight excluding hydrogens is 309 g/mol. The molecule has 112 valence electrons. The van der Waals surface area contributed by atoms with Gasteiger partial charge in [0.15, 0.2) is 0 Å². The largest absolute Gasteiger partial charge is 0.457 e. The van der Waals surface area contributed by atoms with Gasteiger partial charge in [-0.15, -0.1) is 11.3 Å². The Morgan fingerprint density at radius 1 is 0.826 bits per heavy atom. The topological polar surface area (TPSA) is 22.1 Å². The summed E-state index contributed by atoms with van der Waals surface area (Å²) < 4.78 is 19.9. The molecule has 0 amide bonds. The maximum atomic E-state index is 13.0. The fourth-order valence-electron chi connectivity index (χ4n) is 2.42. The average molecular weight is 321 g/mol. The highest BCUT2D eigenvalue weighted by atomic mass is 32.1. The lowest BCUT2D eigenvalue weighted by Crippen LogP contribution is -1.85. The van der Waals surface area contributed by atoms with Crippen molar-refractivity contribution in [2.45, 2.75) is 0 Å². The second kappa shape index (κ2) is 5.82. The van der Waals surface area contributed by atoms with Crippen LogP contribution < -0.4 is 4.74 Å². The Balaban J connectivity index is 1.66. The Hall–Kier alpha value is -2.72. The van der Waals surface area contributed by atoms with Gasteiger partial charge < -0.3 is 4.74 Å². The van der Waals surface area contributed by atoms with Crippen LogP contribution >= 0.6 is 11.3 Å².